The number of ketones is 1. The Hall–Kier alpha value is -2.22. The van der Waals surface area contributed by atoms with E-state index in [1.54, 1.807) is 18.2 Å². The zero-order chi connectivity index (χ0) is 18.9. The number of carbonyl (C=O) groups is 2. The molecule has 26 heavy (non-hydrogen) atoms. The van der Waals surface area contributed by atoms with Crippen LogP contribution in [0.2, 0.25) is 5.02 Å². The number of fused-ring (bicyclic) bond motifs is 1. The van der Waals surface area contributed by atoms with E-state index >= 15 is 0 Å². The highest BCUT2D eigenvalue weighted by molar-refractivity contribution is 7.89. The second kappa shape index (κ2) is 7.19. The third-order valence-electron chi connectivity index (χ3n) is 4.36. The quantitative estimate of drug-likeness (QED) is 0.733. The molecule has 2 aromatic carbocycles. The zero-order valence-electron chi connectivity index (χ0n) is 13.6. The Morgan fingerprint density at radius 3 is 2.38 bits per heavy atom. The first-order valence-electron chi connectivity index (χ1n) is 7.89. The number of benzene rings is 2. The van der Waals surface area contributed by atoms with Crippen LogP contribution < -0.4 is 4.72 Å². The lowest BCUT2D eigenvalue weighted by molar-refractivity contribution is -0.141. The number of sulfonamides is 1. The molecule has 136 valence electrons. The molecule has 8 heteroatoms. The van der Waals surface area contributed by atoms with Gasteiger partial charge in [-0.25, -0.2) is 13.1 Å². The minimum atomic E-state index is -3.82. The van der Waals surface area contributed by atoms with Crippen molar-refractivity contribution in [2.45, 2.75) is 17.7 Å². The van der Waals surface area contributed by atoms with E-state index in [0.717, 1.165) is 11.1 Å². The number of Topliss-reactive ketones (excluding diaryl/α,β-unsaturated/α-hetero) is 1. The zero-order valence-corrected chi connectivity index (χ0v) is 15.2. The van der Waals surface area contributed by atoms with Crippen LogP contribution in [0.15, 0.2) is 47.4 Å². The Morgan fingerprint density at radius 2 is 1.73 bits per heavy atom. The van der Waals surface area contributed by atoms with Gasteiger partial charge in [-0.15, -0.1) is 0 Å². The van der Waals surface area contributed by atoms with E-state index in [4.69, 9.17) is 16.7 Å². The first-order valence-corrected chi connectivity index (χ1v) is 9.75. The molecule has 0 spiro atoms. The molecule has 6 nitrogen and oxygen atoms in total. The first kappa shape index (κ1) is 18.6. The molecule has 1 atom stereocenters. The molecule has 0 heterocycles. The lowest BCUT2D eigenvalue weighted by Gasteiger charge is -2.07. The Morgan fingerprint density at radius 1 is 1.08 bits per heavy atom. The summed E-state index contributed by atoms with van der Waals surface area (Å²) in [5.41, 5.74) is 2.09. The van der Waals surface area contributed by atoms with Crippen LogP contribution in [0.3, 0.4) is 0 Å². The normalized spacial score (nSPS) is 16.3. The van der Waals surface area contributed by atoms with Crippen molar-refractivity contribution in [2.75, 3.05) is 6.54 Å². The molecule has 0 aromatic heterocycles. The van der Waals surface area contributed by atoms with E-state index < -0.39 is 21.9 Å². The third kappa shape index (κ3) is 3.95. The van der Waals surface area contributed by atoms with Gasteiger partial charge in [-0.2, -0.15) is 0 Å². The van der Waals surface area contributed by atoms with Crippen LogP contribution in [0.1, 0.15) is 21.5 Å². The van der Waals surface area contributed by atoms with Gasteiger partial charge >= 0.3 is 5.97 Å². The van der Waals surface area contributed by atoms with E-state index in [9.17, 15) is 18.0 Å². The lowest BCUT2D eigenvalue weighted by atomic mass is 10.0. The molecule has 0 saturated heterocycles. The number of halogens is 1. The van der Waals surface area contributed by atoms with Crippen molar-refractivity contribution >= 4 is 33.4 Å². The van der Waals surface area contributed by atoms with Crippen LogP contribution in [0.5, 0.6) is 0 Å². The molecule has 2 N–H and O–H groups in total. The third-order valence-corrected chi connectivity index (χ3v) is 6.03. The van der Waals surface area contributed by atoms with E-state index in [-0.39, 0.29) is 17.2 Å². The maximum absolute atomic E-state index is 12.3. The summed E-state index contributed by atoms with van der Waals surface area (Å²) in [6.07, 6.45) is 0.824. The topological polar surface area (TPSA) is 101 Å². The first-order chi connectivity index (χ1) is 12.3. The monoisotopic (exact) mass is 393 g/mol. The van der Waals surface area contributed by atoms with Crippen LogP contribution >= 0.6 is 11.6 Å². The molecule has 2 aromatic rings. The molecular formula is C18H16ClNO5S. The molecule has 3 rings (SSSR count). The fourth-order valence-corrected chi connectivity index (χ4v) is 4.03. The van der Waals surface area contributed by atoms with Gasteiger partial charge in [-0.05, 0) is 54.3 Å². The van der Waals surface area contributed by atoms with Crippen LogP contribution in [0.25, 0.3) is 0 Å². The van der Waals surface area contributed by atoms with Crippen molar-refractivity contribution in [3.8, 4) is 0 Å². The Bertz CT molecular complexity index is 970. The van der Waals surface area contributed by atoms with Crippen LogP contribution in [0.4, 0.5) is 0 Å². The van der Waals surface area contributed by atoms with E-state index in [2.05, 4.69) is 4.72 Å². The van der Waals surface area contributed by atoms with Crippen molar-refractivity contribution < 1.29 is 23.1 Å². The van der Waals surface area contributed by atoms with Crippen molar-refractivity contribution in [3.63, 3.8) is 0 Å². The van der Waals surface area contributed by atoms with Crippen LogP contribution in [0, 0.1) is 5.92 Å². The van der Waals surface area contributed by atoms with Gasteiger partial charge in [-0.1, -0.05) is 23.7 Å². The highest BCUT2D eigenvalue weighted by Crippen LogP contribution is 2.28. The van der Waals surface area contributed by atoms with Crippen molar-refractivity contribution in [3.05, 3.63) is 64.2 Å². The van der Waals surface area contributed by atoms with Gasteiger partial charge < -0.3 is 5.11 Å². The SMILES string of the molecule is O=C(CNS(=O)(=O)c1ccc(Cl)cc1)c1ccc2c(c1)CC(C(=O)O)C2. The fraction of sp³-hybridized carbons (Fsp3) is 0.222. The van der Waals surface area contributed by atoms with Gasteiger partial charge in [0.25, 0.3) is 0 Å². The predicted octanol–water partition coefficient (Wildman–Crippen LogP) is 2.30. The summed E-state index contributed by atoms with van der Waals surface area (Å²) >= 11 is 5.74. The second-order valence-electron chi connectivity index (χ2n) is 6.13. The van der Waals surface area contributed by atoms with Crippen LogP contribution in [-0.4, -0.2) is 31.8 Å². The molecule has 1 aliphatic rings. The van der Waals surface area contributed by atoms with Gasteiger partial charge in [0, 0.05) is 10.6 Å². The summed E-state index contributed by atoms with van der Waals surface area (Å²) in [6, 6.07) is 10.6. The lowest BCUT2D eigenvalue weighted by Crippen LogP contribution is -2.29. The van der Waals surface area contributed by atoms with Crippen molar-refractivity contribution in [1.29, 1.82) is 0 Å². The maximum atomic E-state index is 12.3. The minimum absolute atomic E-state index is 0.0213. The predicted molar refractivity (Wildman–Crippen MR) is 95.9 cm³/mol. The molecule has 0 saturated carbocycles. The Kier molecular flexibility index (Phi) is 5.13. The average molecular weight is 394 g/mol. The van der Waals surface area contributed by atoms with Crippen molar-refractivity contribution in [2.24, 2.45) is 5.92 Å². The second-order valence-corrected chi connectivity index (χ2v) is 8.33. The summed E-state index contributed by atoms with van der Waals surface area (Å²) in [5, 5.41) is 9.53. The number of hydrogen-bond donors (Lipinski definition) is 2. The molecule has 0 radical (unpaired) electrons. The number of carboxylic acid groups (broad SMARTS) is 1. The largest absolute Gasteiger partial charge is 0.481 e. The molecule has 1 unspecified atom stereocenters. The summed E-state index contributed by atoms with van der Waals surface area (Å²) in [5.74, 6) is -1.72. The average Bonchev–Trinajstić information content (AvgIpc) is 3.03. The van der Waals surface area contributed by atoms with Gasteiger partial charge in [-0.3, -0.25) is 9.59 Å². The number of carbonyl (C=O) groups excluding carboxylic acids is 1. The molecule has 1 aliphatic carbocycles. The maximum Gasteiger partial charge on any atom is 0.307 e. The summed E-state index contributed by atoms with van der Waals surface area (Å²) in [4.78, 5) is 23.5. The molecule has 0 bridgehead atoms. The van der Waals surface area contributed by atoms with Gasteiger partial charge in [0.05, 0.1) is 17.4 Å². The smallest absolute Gasteiger partial charge is 0.307 e. The Labute approximate surface area is 155 Å². The molecule has 0 amide bonds. The van der Waals surface area contributed by atoms with Crippen LogP contribution in [-0.2, 0) is 27.7 Å². The minimum Gasteiger partial charge on any atom is -0.481 e. The van der Waals surface area contributed by atoms with Gasteiger partial charge in [0.15, 0.2) is 5.78 Å². The summed E-state index contributed by atoms with van der Waals surface area (Å²) < 4.78 is 26.7. The van der Waals surface area contributed by atoms with Crippen molar-refractivity contribution in [1.82, 2.24) is 4.72 Å². The number of hydrogen-bond acceptors (Lipinski definition) is 4. The van der Waals surface area contributed by atoms with E-state index in [0.29, 0.717) is 23.4 Å². The molecule has 0 aliphatic heterocycles. The molecule has 0 fully saturated rings. The number of carboxylic acids is 1. The Balaban J connectivity index is 1.69. The molecular weight excluding hydrogens is 378 g/mol. The fourth-order valence-electron chi connectivity index (χ4n) is 2.93. The van der Waals surface area contributed by atoms with E-state index in [1.807, 2.05) is 0 Å². The number of rotatable bonds is 6. The van der Waals surface area contributed by atoms with Gasteiger partial charge in [0.1, 0.15) is 0 Å². The standard InChI is InChI=1S/C18H16ClNO5S/c19-15-3-5-16(6-4-15)26(24,25)20-10-17(21)12-2-1-11-7-14(18(22)23)9-13(11)8-12/h1-6,8,14,20H,7,9-10H2,(H,22,23). The number of aliphatic carboxylic acids is 1. The van der Waals surface area contributed by atoms with E-state index in [1.165, 1.54) is 24.3 Å². The highest BCUT2D eigenvalue weighted by Gasteiger charge is 2.27. The number of nitrogens with one attached hydrogen (secondary N) is 1. The van der Waals surface area contributed by atoms with Gasteiger partial charge in [0.2, 0.25) is 10.0 Å². The summed E-state index contributed by atoms with van der Waals surface area (Å²) in [7, 11) is -3.82. The summed E-state index contributed by atoms with van der Waals surface area (Å²) in [6.45, 7) is -0.383. The highest BCUT2D eigenvalue weighted by atomic mass is 35.5.